The molecule has 90 valence electrons. The molecule has 0 spiro atoms. The van der Waals surface area contributed by atoms with Crippen molar-refractivity contribution in [2.24, 2.45) is 11.7 Å². The monoisotopic (exact) mass is 216 g/mol. The van der Waals surface area contributed by atoms with Crippen molar-refractivity contribution in [3.63, 3.8) is 0 Å². The Morgan fingerprint density at radius 2 is 2.20 bits per heavy atom. The summed E-state index contributed by atoms with van der Waals surface area (Å²) in [6, 6.07) is 0. The molecule has 0 radical (unpaired) electrons. The zero-order valence-corrected chi connectivity index (χ0v) is 9.92. The predicted octanol–water partition coefficient (Wildman–Crippen LogP) is 0.904. The van der Waals surface area contributed by atoms with Crippen LogP contribution in [0.25, 0.3) is 0 Å². The Bertz CT molecular complexity index is 163. The van der Waals surface area contributed by atoms with Crippen molar-refractivity contribution in [2.45, 2.75) is 33.1 Å². The maximum atomic E-state index is 11.4. The first kappa shape index (κ1) is 14.4. The topological polar surface area (TPSA) is 64.3 Å². The van der Waals surface area contributed by atoms with E-state index >= 15 is 0 Å². The summed E-state index contributed by atoms with van der Waals surface area (Å²) in [4.78, 5) is 11.4. The zero-order chi connectivity index (χ0) is 11.5. The number of hydrogen-bond donors (Lipinski definition) is 2. The highest BCUT2D eigenvalue weighted by atomic mass is 16.5. The number of nitrogens with two attached hydrogens (primary N) is 1. The molecule has 0 aromatic rings. The van der Waals surface area contributed by atoms with Crippen LogP contribution in [0.15, 0.2) is 0 Å². The molecule has 0 heterocycles. The lowest BCUT2D eigenvalue weighted by atomic mass is 10.1. The van der Waals surface area contributed by atoms with E-state index in [0.29, 0.717) is 19.7 Å². The summed E-state index contributed by atoms with van der Waals surface area (Å²) in [5.41, 5.74) is 5.37. The molecule has 0 saturated heterocycles. The van der Waals surface area contributed by atoms with E-state index in [1.54, 1.807) is 0 Å². The fraction of sp³-hybridized carbons (Fsp3) is 0.909. The van der Waals surface area contributed by atoms with Crippen molar-refractivity contribution in [1.82, 2.24) is 5.32 Å². The smallest absolute Gasteiger partial charge is 0.222 e. The summed E-state index contributed by atoms with van der Waals surface area (Å²) >= 11 is 0. The van der Waals surface area contributed by atoms with Gasteiger partial charge in [0.25, 0.3) is 0 Å². The van der Waals surface area contributed by atoms with Gasteiger partial charge in [-0.15, -0.1) is 0 Å². The van der Waals surface area contributed by atoms with E-state index in [4.69, 9.17) is 10.5 Å². The van der Waals surface area contributed by atoms with E-state index in [0.717, 1.165) is 25.9 Å². The SMILES string of the molecule is CCCCOCCNC(=O)C(C)CCN. The van der Waals surface area contributed by atoms with E-state index in [1.165, 1.54) is 0 Å². The largest absolute Gasteiger partial charge is 0.380 e. The zero-order valence-electron chi connectivity index (χ0n) is 9.92. The van der Waals surface area contributed by atoms with E-state index < -0.39 is 0 Å². The molecule has 15 heavy (non-hydrogen) atoms. The number of unbranched alkanes of at least 4 members (excludes halogenated alkanes) is 1. The van der Waals surface area contributed by atoms with Crippen LogP contribution < -0.4 is 11.1 Å². The minimum Gasteiger partial charge on any atom is -0.380 e. The Hall–Kier alpha value is -0.610. The average molecular weight is 216 g/mol. The molecule has 0 aromatic heterocycles. The Labute approximate surface area is 92.6 Å². The summed E-state index contributed by atoms with van der Waals surface area (Å²) in [6.45, 7) is 6.55. The van der Waals surface area contributed by atoms with E-state index in [2.05, 4.69) is 12.2 Å². The fourth-order valence-electron chi connectivity index (χ4n) is 1.15. The molecule has 0 aliphatic heterocycles. The molecule has 4 nitrogen and oxygen atoms in total. The van der Waals surface area contributed by atoms with Gasteiger partial charge >= 0.3 is 0 Å². The number of hydrogen-bond acceptors (Lipinski definition) is 3. The van der Waals surface area contributed by atoms with Crippen molar-refractivity contribution >= 4 is 5.91 Å². The third kappa shape index (κ3) is 8.39. The van der Waals surface area contributed by atoms with E-state index in [-0.39, 0.29) is 11.8 Å². The Morgan fingerprint density at radius 1 is 1.47 bits per heavy atom. The van der Waals surface area contributed by atoms with Crippen LogP contribution in [-0.2, 0) is 9.53 Å². The lowest BCUT2D eigenvalue weighted by Gasteiger charge is -2.10. The number of carbonyl (C=O) groups is 1. The van der Waals surface area contributed by atoms with Crippen LogP contribution in [0.4, 0.5) is 0 Å². The molecule has 1 amide bonds. The normalized spacial score (nSPS) is 12.5. The van der Waals surface area contributed by atoms with Gasteiger partial charge in [-0.1, -0.05) is 20.3 Å². The van der Waals surface area contributed by atoms with Crippen LogP contribution in [0, 0.1) is 5.92 Å². The van der Waals surface area contributed by atoms with Crippen LogP contribution in [0.2, 0.25) is 0 Å². The number of amides is 1. The van der Waals surface area contributed by atoms with Crippen molar-refractivity contribution in [2.75, 3.05) is 26.3 Å². The second-order valence-electron chi connectivity index (χ2n) is 3.74. The lowest BCUT2D eigenvalue weighted by molar-refractivity contribution is -0.124. The van der Waals surface area contributed by atoms with Gasteiger partial charge < -0.3 is 15.8 Å². The molecule has 0 aliphatic rings. The third-order valence-electron chi connectivity index (χ3n) is 2.24. The second kappa shape index (κ2) is 9.93. The first-order valence-electron chi connectivity index (χ1n) is 5.77. The Kier molecular flexibility index (Phi) is 9.52. The Balaban J connectivity index is 3.30. The highest BCUT2D eigenvalue weighted by Gasteiger charge is 2.10. The average Bonchev–Trinajstić information content (AvgIpc) is 2.23. The molecule has 0 aliphatic carbocycles. The number of rotatable bonds is 9. The number of ether oxygens (including phenoxy) is 1. The first-order chi connectivity index (χ1) is 7.22. The van der Waals surface area contributed by atoms with Gasteiger partial charge in [0.15, 0.2) is 0 Å². The molecule has 1 atom stereocenters. The van der Waals surface area contributed by atoms with Crippen LogP contribution >= 0.6 is 0 Å². The van der Waals surface area contributed by atoms with Gasteiger partial charge in [0, 0.05) is 19.1 Å². The summed E-state index contributed by atoms with van der Waals surface area (Å²) in [5.74, 6) is 0.0742. The Morgan fingerprint density at radius 3 is 2.80 bits per heavy atom. The van der Waals surface area contributed by atoms with Gasteiger partial charge in [0.05, 0.1) is 6.61 Å². The van der Waals surface area contributed by atoms with Gasteiger partial charge in [-0.2, -0.15) is 0 Å². The van der Waals surface area contributed by atoms with Gasteiger partial charge in [-0.05, 0) is 19.4 Å². The molecule has 1 unspecified atom stereocenters. The second-order valence-corrected chi connectivity index (χ2v) is 3.74. The lowest BCUT2D eigenvalue weighted by Crippen LogP contribution is -2.32. The third-order valence-corrected chi connectivity index (χ3v) is 2.24. The van der Waals surface area contributed by atoms with Crippen molar-refractivity contribution in [3.05, 3.63) is 0 Å². The molecule has 0 bridgehead atoms. The van der Waals surface area contributed by atoms with Gasteiger partial charge in [-0.25, -0.2) is 0 Å². The minimum absolute atomic E-state index is 0.00522. The van der Waals surface area contributed by atoms with Crippen LogP contribution in [0.5, 0.6) is 0 Å². The summed E-state index contributed by atoms with van der Waals surface area (Å²) in [6.07, 6.45) is 2.96. The summed E-state index contributed by atoms with van der Waals surface area (Å²) in [5, 5.41) is 2.82. The maximum Gasteiger partial charge on any atom is 0.222 e. The first-order valence-corrected chi connectivity index (χ1v) is 5.77. The van der Waals surface area contributed by atoms with Crippen LogP contribution in [-0.4, -0.2) is 32.2 Å². The van der Waals surface area contributed by atoms with E-state index in [9.17, 15) is 4.79 Å². The number of nitrogens with one attached hydrogen (secondary N) is 1. The van der Waals surface area contributed by atoms with E-state index in [1.807, 2.05) is 6.92 Å². The van der Waals surface area contributed by atoms with Crippen molar-refractivity contribution in [1.29, 1.82) is 0 Å². The van der Waals surface area contributed by atoms with Gasteiger partial charge in [0.1, 0.15) is 0 Å². The molecule has 0 saturated carbocycles. The quantitative estimate of drug-likeness (QED) is 0.563. The fourth-order valence-corrected chi connectivity index (χ4v) is 1.15. The van der Waals surface area contributed by atoms with Crippen LogP contribution in [0.1, 0.15) is 33.1 Å². The van der Waals surface area contributed by atoms with Crippen molar-refractivity contribution in [3.8, 4) is 0 Å². The van der Waals surface area contributed by atoms with Gasteiger partial charge in [0.2, 0.25) is 5.91 Å². The molecular formula is C11H24N2O2. The molecule has 3 N–H and O–H groups in total. The number of carbonyl (C=O) groups excluding carboxylic acids is 1. The molecule has 0 aromatic carbocycles. The highest BCUT2D eigenvalue weighted by molar-refractivity contribution is 5.78. The van der Waals surface area contributed by atoms with Crippen LogP contribution in [0.3, 0.4) is 0 Å². The summed E-state index contributed by atoms with van der Waals surface area (Å²) in [7, 11) is 0. The molecule has 4 heteroatoms. The molecular weight excluding hydrogens is 192 g/mol. The maximum absolute atomic E-state index is 11.4. The summed E-state index contributed by atoms with van der Waals surface area (Å²) < 4.78 is 5.32. The van der Waals surface area contributed by atoms with Crippen molar-refractivity contribution < 1.29 is 9.53 Å². The highest BCUT2D eigenvalue weighted by Crippen LogP contribution is 1.98. The molecule has 0 rings (SSSR count). The minimum atomic E-state index is 0.00522. The predicted molar refractivity (Wildman–Crippen MR) is 61.6 cm³/mol. The molecule has 0 fully saturated rings. The van der Waals surface area contributed by atoms with Gasteiger partial charge in [-0.3, -0.25) is 4.79 Å². The standard InChI is InChI=1S/C11H24N2O2/c1-3-4-8-15-9-7-13-11(14)10(2)5-6-12/h10H,3-9,12H2,1-2H3,(H,13,14).